The quantitative estimate of drug-likeness (QED) is 0.331. The first-order valence-electron chi connectivity index (χ1n) is 6.03. The van der Waals surface area contributed by atoms with Gasteiger partial charge >= 0.3 is 5.97 Å². The van der Waals surface area contributed by atoms with Crippen molar-refractivity contribution >= 4 is 55.2 Å². The molecule has 0 amide bonds. The topological polar surface area (TPSA) is 80.4 Å². The largest absolute Gasteiger partial charge is 0.478 e. The fraction of sp³-hybridized carbons (Fsp3) is 0. The summed E-state index contributed by atoms with van der Waals surface area (Å²) in [6, 6.07) is 11.0. The summed E-state index contributed by atoms with van der Waals surface area (Å²) in [6.07, 6.45) is 1.40. The molecule has 0 atom stereocenters. The maximum Gasteiger partial charge on any atom is 0.336 e. The zero-order valence-electron chi connectivity index (χ0n) is 11.0. The van der Waals surface area contributed by atoms with Gasteiger partial charge in [-0.25, -0.2) is 4.79 Å². The van der Waals surface area contributed by atoms with E-state index in [1.54, 1.807) is 18.2 Å². The van der Waals surface area contributed by atoms with Crippen LogP contribution in [-0.4, -0.2) is 16.0 Å². The predicted molar refractivity (Wildman–Crippen MR) is 90.4 cm³/mol. The molecule has 0 unspecified atom stereocenters. The van der Waals surface area contributed by atoms with Crippen LogP contribution >= 0.6 is 31.9 Å². The second kappa shape index (κ2) is 6.85. The molecular weight excluding hydrogens is 418 g/mol. The summed E-state index contributed by atoms with van der Waals surface area (Å²) in [5, 5.41) is 20.5. The number of benzene rings is 2. The number of carboxylic acids is 1. The van der Waals surface area contributed by atoms with Crippen molar-refractivity contribution in [3.63, 3.8) is 0 Å². The summed E-state index contributed by atoms with van der Waals surface area (Å²) in [4.78, 5) is 22.0. The van der Waals surface area contributed by atoms with Gasteiger partial charge in [0, 0.05) is 15.0 Å². The van der Waals surface area contributed by atoms with Crippen LogP contribution in [0.1, 0.15) is 11.1 Å². The van der Waals surface area contributed by atoms with Gasteiger partial charge in [0.2, 0.25) is 0 Å². The van der Waals surface area contributed by atoms with Gasteiger partial charge in [0.1, 0.15) is 0 Å². The summed E-state index contributed by atoms with van der Waals surface area (Å²) in [5.74, 6) is -1.23. The lowest BCUT2D eigenvalue weighted by molar-refractivity contribution is -0.385. The smallest absolute Gasteiger partial charge is 0.336 e. The number of hydrogen-bond donors (Lipinski definition) is 1. The molecule has 0 heterocycles. The van der Waals surface area contributed by atoms with Gasteiger partial charge in [-0.2, -0.15) is 0 Å². The second-order valence-electron chi connectivity index (χ2n) is 4.34. The highest BCUT2D eigenvalue weighted by Gasteiger charge is 2.21. The van der Waals surface area contributed by atoms with E-state index in [4.69, 9.17) is 0 Å². The molecule has 112 valence electrons. The van der Waals surface area contributed by atoms with Crippen molar-refractivity contribution in [3.05, 3.63) is 72.7 Å². The lowest BCUT2D eigenvalue weighted by Gasteiger charge is -2.05. The zero-order valence-corrected chi connectivity index (χ0v) is 14.2. The van der Waals surface area contributed by atoms with Crippen LogP contribution in [0.4, 0.5) is 5.69 Å². The molecule has 2 aromatic rings. The summed E-state index contributed by atoms with van der Waals surface area (Å²) in [7, 11) is 0. The van der Waals surface area contributed by atoms with Crippen LogP contribution in [0.3, 0.4) is 0 Å². The Morgan fingerprint density at radius 3 is 2.27 bits per heavy atom. The number of carbonyl (C=O) groups is 1. The molecule has 2 aromatic carbocycles. The van der Waals surface area contributed by atoms with Crippen molar-refractivity contribution in [2.45, 2.75) is 0 Å². The minimum Gasteiger partial charge on any atom is -0.478 e. The molecule has 0 radical (unpaired) electrons. The first-order valence-corrected chi connectivity index (χ1v) is 7.62. The predicted octanol–water partition coefficient (Wildman–Crippen LogP) is 4.75. The number of hydrogen-bond acceptors (Lipinski definition) is 3. The Kier molecular flexibility index (Phi) is 5.10. The van der Waals surface area contributed by atoms with E-state index < -0.39 is 10.9 Å². The number of carboxylic acid groups (broad SMARTS) is 1. The van der Waals surface area contributed by atoms with Crippen molar-refractivity contribution in [1.29, 1.82) is 0 Å². The normalized spacial score (nSPS) is 11.3. The number of para-hydroxylation sites is 1. The van der Waals surface area contributed by atoms with Gasteiger partial charge < -0.3 is 5.11 Å². The van der Waals surface area contributed by atoms with E-state index >= 15 is 0 Å². The SMILES string of the molecule is O=C(O)/C(=C/c1cc(Br)cc(Br)c1)c1ccccc1[N+](=O)[O-]. The maximum absolute atomic E-state index is 11.5. The molecule has 2 rings (SSSR count). The first-order chi connectivity index (χ1) is 10.4. The highest BCUT2D eigenvalue weighted by molar-refractivity contribution is 9.11. The molecule has 0 aliphatic carbocycles. The maximum atomic E-state index is 11.5. The monoisotopic (exact) mass is 425 g/mol. The molecule has 5 nitrogen and oxygen atoms in total. The van der Waals surface area contributed by atoms with Crippen molar-refractivity contribution in [3.8, 4) is 0 Å². The van der Waals surface area contributed by atoms with Crippen LogP contribution in [0.5, 0.6) is 0 Å². The van der Waals surface area contributed by atoms with Gasteiger partial charge in [0.05, 0.1) is 16.1 Å². The molecule has 0 fully saturated rings. The Labute approximate surface area is 142 Å². The molecule has 1 N–H and O–H groups in total. The summed E-state index contributed by atoms with van der Waals surface area (Å²) in [5.41, 5.74) is 0.287. The average Bonchev–Trinajstić information content (AvgIpc) is 2.43. The lowest BCUT2D eigenvalue weighted by atomic mass is 10.0. The Bertz CT molecular complexity index is 767. The third-order valence-electron chi connectivity index (χ3n) is 2.82. The van der Waals surface area contributed by atoms with Gasteiger partial charge in [-0.3, -0.25) is 10.1 Å². The summed E-state index contributed by atoms with van der Waals surface area (Å²) in [6.45, 7) is 0. The number of nitro benzene ring substituents is 1. The molecule has 22 heavy (non-hydrogen) atoms. The Morgan fingerprint density at radius 1 is 1.14 bits per heavy atom. The minimum absolute atomic E-state index is 0.0658. The van der Waals surface area contributed by atoms with Crippen LogP contribution in [0.25, 0.3) is 11.6 Å². The van der Waals surface area contributed by atoms with E-state index in [1.807, 2.05) is 6.07 Å². The first kappa shape index (κ1) is 16.4. The van der Waals surface area contributed by atoms with Crippen molar-refractivity contribution in [1.82, 2.24) is 0 Å². The van der Waals surface area contributed by atoms with Crippen LogP contribution in [0.2, 0.25) is 0 Å². The van der Waals surface area contributed by atoms with Crippen LogP contribution < -0.4 is 0 Å². The third kappa shape index (κ3) is 3.80. The molecule has 0 saturated carbocycles. The van der Waals surface area contributed by atoms with Gasteiger partial charge in [0.25, 0.3) is 5.69 Å². The number of rotatable bonds is 4. The van der Waals surface area contributed by atoms with E-state index in [1.165, 1.54) is 24.3 Å². The fourth-order valence-corrected chi connectivity index (χ4v) is 3.27. The van der Waals surface area contributed by atoms with Crippen molar-refractivity contribution in [2.24, 2.45) is 0 Å². The van der Waals surface area contributed by atoms with Gasteiger partial charge in [-0.05, 0) is 35.9 Å². The van der Waals surface area contributed by atoms with Gasteiger partial charge in [0.15, 0.2) is 0 Å². The third-order valence-corrected chi connectivity index (χ3v) is 3.73. The number of halogens is 2. The van der Waals surface area contributed by atoms with Gasteiger partial charge in [-0.15, -0.1) is 0 Å². The highest BCUT2D eigenvalue weighted by Crippen LogP contribution is 2.29. The number of aliphatic carboxylic acids is 1. The molecule has 0 spiro atoms. The van der Waals surface area contributed by atoms with Crippen LogP contribution in [0.15, 0.2) is 51.4 Å². The van der Waals surface area contributed by atoms with E-state index in [9.17, 15) is 20.0 Å². The summed E-state index contributed by atoms with van der Waals surface area (Å²) < 4.78 is 1.53. The summed E-state index contributed by atoms with van der Waals surface area (Å²) >= 11 is 6.64. The molecule has 0 aliphatic heterocycles. The fourth-order valence-electron chi connectivity index (χ4n) is 1.94. The second-order valence-corrected chi connectivity index (χ2v) is 6.17. The molecule has 0 aliphatic rings. The Hall–Kier alpha value is -1.99. The van der Waals surface area contributed by atoms with Crippen molar-refractivity contribution in [2.75, 3.05) is 0 Å². The lowest BCUT2D eigenvalue weighted by Crippen LogP contribution is -2.03. The van der Waals surface area contributed by atoms with Gasteiger partial charge in [-0.1, -0.05) is 44.0 Å². The average molecular weight is 427 g/mol. The zero-order chi connectivity index (χ0) is 16.3. The van der Waals surface area contributed by atoms with E-state index in [0.717, 1.165) is 8.95 Å². The van der Waals surface area contributed by atoms with E-state index in [-0.39, 0.29) is 16.8 Å². The van der Waals surface area contributed by atoms with E-state index in [2.05, 4.69) is 31.9 Å². The van der Waals surface area contributed by atoms with Crippen LogP contribution in [0, 0.1) is 10.1 Å². The standard InChI is InChI=1S/C15H9Br2NO4/c16-10-5-9(6-11(17)8-10)7-13(15(19)20)12-3-1-2-4-14(12)18(21)22/h1-8H,(H,19,20)/b13-7+. The van der Waals surface area contributed by atoms with E-state index in [0.29, 0.717) is 5.56 Å². The van der Waals surface area contributed by atoms with Crippen LogP contribution in [-0.2, 0) is 4.79 Å². The Morgan fingerprint density at radius 2 is 1.73 bits per heavy atom. The minimum atomic E-state index is -1.23. The molecule has 0 bridgehead atoms. The number of nitro groups is 1. The molecule has 0 aromatic heterocycles. The Balaban J connectivity index is 2.63. The molecule has 0 saturated heterocycles. The number of nitrogens with zero attached hydrogens (tertiary/aromatic N) is 1. The highest BCUT2D eigenvalue weighted by atomic mass is 79.9. The van der Waals surface area contributed by atoms with Crippen molar-refractivity contribution < 1.29 is 14.8 Å². The molecular formula is C15H9Br2NO4. The molecule has 7 heteroatoms.